The van der Waals surface area contributed by atoms with Crippen LogP contribution in [0, 0.1) is 0 Å². The van der Waals surface area contributed by atoms with Crippen molar-refractivity contribution in [1.29, 1.82) is 0 Å². The fraction of sp³-hybridized carbons (Fsp3) is 0.417. The minimum absolute atomic E-state index is 0.0941. The number of carbonyl (C=O) groups is 2. The second-order valence-corrected chi connectivity index (χ2v) is 4.20. The van der Waals surface area contributed by atoms with Crippen molar-refractivity contribution in [2.24, 2.45) is 0 Å². The highest BCUT2D eigenvalue weighted by Gasteiger charge is 2.33. The Morgan fingerprint density at radius 1 is 1.29 bits per heavy atom. The smallest absolute Gasteiger partial charge is 0.406 e. The topological polar surface area (TPSA) is 82.5 Å². The average Bonchev–Trinajstić information content (AvgIpc) is 2.37. The first-order valence-electron chi connectivity index (χ1n) is 5.98. The Morgan fingerprint density at radius 2 is 1.90 bits per heavy atom. The summed E-state index contributed by atoms with van der Waals surface area (Å²) in [5.41, 5.74) is 0.853. The predicted octanol–water partition coefficient (Wildman–Crippen LogP) is 1.28. The molecular weight excluding hydrogens is 291 g/mol. The number of hydrogen-bond acceptors (Lipinski definition) is 3. The maximum Gasteiger partial charge on any atom is 0.406 e. The van der Waals surface area contributed by atoms with Crippen LogP contribution in [0.2, 0.25) is 0 Å². The average molecular weight is 305 g/mol. The van der Waals surface area contributed by atoms with Crippen molar-refractivity contribution < 1.29 is 27.9 Å². The molecule has 0 spiro atoms. The number of carboxylic acids is 1. The summed E-state index contributed by atoms with van der Waals surface area (Å²) in [5.74, 6) is -1.51. The highest BCUT2D eigenvalue weighted by atomic mass is 19.4. The third-order valence-electron chi connectivity index (χ3n) is 2.42. The molecule has 0 aliphatic rings. The van der Waals surface area contributed by atoms with Crippen LogP contribution in [-0.2, 0) is 11.2 Å². The second-order valence-electron chi connectivity index (χ2n) is 4.20. The number of urea groups is 1. The molecule has 1 rings (SSSR count). The van der Waals surface area contributed by atoms with E-state index in [-0.39, 0.29) is 11.4 Å². The van der Waals surface area contributed by atoms with Gasteiger partial charge in [0, 0.05) is 18.9 Å². The lowest BCUT2D eigenvalue weighted by molar-refractivity contribution is -0.148. The maximum absolute atomic E-state index is 12.3. The standard InChI is InChI=1S/C12H14F3N3O3/c13-12(14,15)8-18(7-10(19)20)11(21)17-6-3-9-1-4-16-5-2-9/h1-2,4-5H,3,6-8H2,(H,17,21)(H,19,20). The zero-order valence-electron chi connectivity index (χ0n) is 10.9. The molecule has 0 aliphatic carbocycles. The molecule has 0 saturated carbocycles. The summed E-state index contributed by atoms with van der Waals surface area (Å²) in [6.07, 6.45) is -1.14. The van der Waals surface area contributed by atoms with E-state index in [9.17, 15) is 22.8 Å². The van der Waals surface area contributed by atoms with E-state index in [0.717, 1.165) is 5.56 Å². The Balaban J connectivity index is 2.50. The van der Waals surface area contributed by atoms with Crippen LogP contribution >= 0.6 is 0 Å². The van der Waals surface area contributed by atoms with Gasteiger partial charge in [-0.15, -0.1) is 0 Å². The van der Waals surface area contributed by atoms with Crippen molar-refractivity contribution in [3.05, 3.63) is 30.1 Å². The largest absolute Gasteiger partial charge is 0.480 e. The number of amides is 2. The molecule has 116 valence electrons. The van der Waals surface area contributed by atoms with Gasteiger partial charge >= 0.3 is 18.2 Å². The molecule has 0 radical (unpaired) electrons. The molecule has 1 heterocycles. The van der Waals surface area contributed by atoms with Gasteiger partial charge in [-0.3, -0.25) is 9.78 Å². The molecule has 2 amide bonds. The number of alkyl halides is 3. The molecule has 0 bridgehead atoms. The number of hydrogen-bond donors (Lipinski definition) is 2. The first kappa shape index (κ1) is 16.7. The molecule has 1 aromatic rings. The normalized spacial score (nSPS) is 11.0. The summed E-state index contributed by atoms with van der Waals surface area (Å²) in [5, 5.41) is 10.8. The molecule has 0 fully saturated rings. The monoisotopic (exact) mass is 305 g/mol. The first-order valence-corrected chi connectivity index (χ1v) is 5.98. The van der Waals surface area contributed by atoms with Crippen LogP contribution in [0.3, 0.4) is 0 Å². The second kappa shape index (κ2) is 7.46. The van der Waals surface area contributed by atoms with Gasteiger partial charge in [0.1, 0.15) is 13.1 Å². The van der Waals surface area contributed by atoms with Gasteiger partial charge in [0.05, 0.1) is 0 Å². The molecule has 0 saturated heterocycles. The predicted molar refractivity (Wildman–Crippen MR) is 66.6 cm³/mol. The Bertz CT molecular complexity index is 480. The molecule has 6 nitrogen and oxygen atoms in total. The Morgan fingerprint density at radius 3 is 2.43 bits per heavy atom. The molecule has 0 aliphatic heterocycles. The molecule has 1 aromatic heterocycles. The van der Waals surface area contributed by atoms with Gasteiger partial charge in [-0.2, -0.15) is 13.2 Å². The Labute approximate surface area is 118 Å². The SMILES string of the molecule is O=C(O)CN(CC(F)(F)F)C(=O)NCCc1ccncc1. The summed E-state index contributed by atoms with van der Waals surface area (Å²) >= 11 is 0. The van der Waals surface area contributed by atoms with Crippen LogP contribution < -0.4 is 5.32 Å². The number of carbonyl (C=O) groups excluding carboxylic acids is 1. The fourth-order valence-corrected chi connectivity index (χ4v) is 1.55. The van der Waals surface area contributed by atoms with Crippen molar-refractivity contribution in [3.8, 4) is 0 Å². The van der Waals surface area contributed by atoms with Crippen LogP contribution in [0.25, 0.3) is 0 Å². The van der Waals surface area contributed by atoms with Crippen molar-refractivity contribution in [3.63, 3.8) is 0 Å². The van der Waals surface area contributed by atoms with Crippen LogP contribution in [0.1, 0.15) is 5.56 Å². The minimum Gasteiger partial charge on any atom is -0.480 e. The van der Waals surface area contributed by atoms with Crippen molar-refractivity contribution in [2.45, 2.75) is 12.6 Å². The van der Waals surface area contributed by atoms with E-state index in [1.807, 2.05) is 0 Å². The summed E-state index contributed by atoms with van der Waals surface area (Å²) in [6.45, 7) is -2.53. The van der Waals surface area contributed by atoms with E-state index in [2.05, 4.69) is 10.3 Å². The first-order chi connectivity index (χ1) is 9.78. The summed E-state index contributed by atoms with van der Waals surface area (Å²) in [4.78, 5) is 26.1. The Hall–Kier alpha value is -2.32. The van der Waals surface area contributed by atoms with Gasteiger partial charge in [-0.25, -0.2) is 4.79 Å². The molecule has 0 unspecified atom stereocenters. The number of aliphatic carboxylic acids is 1. The number of carboxylic acid groups (broad SMARTS) is 1. The number of halogens is 3. The molecule has 0 atom stereocenters. The van der Waals surface area contributed by atoms with Crippen LogP contribution in [0.4, 0.5) is 18.0 Å². The van der Waals surface area contributed by atoms with Gasteiger partial charge < -0.3 is 15.3 Å². The fourth-order valence-electron chi connectivity index (χ4n) is 1.55. The van der Waals surface area contributed by atoms with Crippen molar-refractivity contribution in [1.82, 2.24) is 15.2 Å². The number of nitrogens with one attached hydrogen (secondary N) is 1. The molecule has 21 heavy (non-hydrogen) atoms. The number of nitrogens with zero attached hydrogens (tertiary/aromatic N) is 2. The number of pyridine rings is 1. The van der Waals surface area contributed by atoms with Gasteiger partial charge in [0.15, 0.2) is 0 Å². The van der Waals surface area contributed by atoms with E-state index in [1.165, 1.54) is 0 Å². The van der Waals surface area contributed by atoms with Gasteiger partial charge in [-0.1, -0.05) is 0 Å². The van der Waals surface area contributed by atoms with E-state index in [4.69, 9.17) is 5.11 Å². The third kappa shape index (κ3) is 7.14. The Kier molecular flexibility index (Phi) is 5.94. The minimum atomic E-state index is -4.65. The van der Waals surface area contributed by atoms with Gasteiger partial charge in [0.2, 0.25) is 0 Å². The van der Waals surface area contributed by atoms with Crippen LogP contribution in [0.5, 0.6) is 0 Å². The number of rotatable bonds is 6. The molecular formula is C12H14F3N3O3. The van der Waals surface area contributed by atoms with Crippen molar-refractivity contribution in [2.75, 3.05) is 19.6 Å². The third-order valence-corrected chi connectivity index (χ3v) is 2.42. The molecule has 0 aromatic carbocycles. The van der Waals surface area contributed by atoms with Crippen LogP contribution in [0.15, 0.2) is 24.5 Å². The highest BCUT2D eigenvalue weighted by Crippen LogP contribution is 2.16. The summed E-state index contributed by atoms with van der Waals surface area (Å²) in [7, 11) is 0. The van der Waals surface area contributed by atoms with E-state index >= 15 is 0 Å². The molecule has 9 heteroatoms. The van der Waals surface area contributed by atoms with Gasteiger partial charge in [-0.05, 0) is 24.1 Å². The lowest BCUT2D eigenvalue weighted by Gasteiger charge is -2.22. The molecule has 2 N–H and O–H groups in total. The summed E-state index contributed by atoms with van der Waals surface area (Å²) in [6, 6.07) is 2.34. The zero-order chi connectivity index (χ0) is 15.9. The van der Waals surface area contributed by atoms with E-state index < -0.39 is 31.3 Å². The summed E-state index contributed by atoms with van der Waals surface area (Å²) < 4.78 is 36.8. The quantitative estimate of drug-likeness (QED) is 0.829. The lowest BCUT2D eigenvalue weighted by Crippen LogP contribution is -2.47. The highest BCUT2D eigenvalue weighted by molar-refractivity contribution is 5.80. The zero-order valence-corrected chi connectivity index (χ0v) is 10.9. The van der Waals surface area contributed by atoms with Crippen molar-refractivity contribution >= 4 is 12.0 Å². The van der Waals surface area contributed by atoms with Crippen LogP contribution in [-0.4, -0.2) is 52.8 Å². The van der Waals surface area contributed by atoms with E-state index in [1.54, 1.807) is 24.5 Å². The van der Waals surface area contributed by atoms with Gasteiger partial charge in [0.25, 0.3) is 0 Å². The van der Waals surface area contributed by atoms with E-state index in [0.29, 0.717) is 6.42 Å². The maximum atomic E-state index is 12.3. The lowest BCUT2D eigenvalue weighted by atomic mass is 10.2. The number of aromatic nitrogens is 1.